The van der Waals surface area contributed by atoms with Crippen molar-refractivity contribution in [2.45, 2.75) is 32.4 Å². The Hall–Kier alpha value is -1.22. The highest BCUT2D eigenvalue weighted by Crippen LogP contribution is 2.32. The largest absolute Gasteiger partial charge is 0.241 e. The first-order valence-electron chi connectivity index (χ1n) is 6.12. The minimum Gasteiger partial charge on any atom is -0.241 e. The van der Waals surface area contributed by atoms with Crippen LogP contribution >= 0.6 is 11.8 Å². The van der Waals surface area contributed by atoms with Gasteiger partial charge in [-0.15, -0.1) is 0 Å². The van der Waals surface area contributed by atoms with Crippen molar-refractivity contribution in [1.82, 2.24) is 9.78 Å². The van der Waals surface area contributed by atoms with E-state index < -0.39 is 0 Å². The molecule has 0 fully saturated rings. The van der Waals surface area contributed by atoms with E-state index in [0.29, 0.717) is 0 Å². The summed E-state index contributed by atoms with van der Waals surface area (Å²) in [6, 6.07) is 8.61. The van der Waals surface area contributed by atoms with E-state index in [-0.39, 0.29) is 4.75 Å². The van der Waals surface area contributed by atoms with Crippen LogP contribution in [0.1, 0.15) is 30.7 Å². The van der Waals surface area contributed by atoms with Crippen LogP contribution in [-0.4, -0.2) is 16.0 Å². The molecule has 0 N–H and O–H groups in total. The summed E-state index contributed by atoms with van der Waals surface area (Å²) < 4.78 is 2.03. The third kappa shape index (κ3) is 2.61. The van der Waals surface area contributed by atoms with Crippen molar-refractivity contribution in [3.8, 4) is 5.69 Å². The lowest BCUT2D eigenvalue weighted by molar-refractivity contribution is 0.717. The molecule has 2 aromatic rings. The summed E-state index contributed by atoms with van der Waals surface area (Å²) in [5.41, 5.74) is 4.79. The Balaban J connectivity index is 2.41. The van der Waals surface area contributed by atoms with E-state index in [4.69, 9.17) is 5.10 Å². The molecule has 0 radical (unpaired) electrons. The van der Waals surface area contributed by atoms with Gasteiger partial charge in [0, 0.05) is 6.20 Å². The minimum absolute atomic E-state index is 0.0596. The molecule has 2 rings (SSSR count). The molecular formula is C15H20N2S. The van der Waals surface area contributed by atoms with Crippen molar-refractivity contribution >= 4 is 11.8 Å². The maximum atomic E-state index is 4.70. The summed E-state index contributed by atoms with van der Waals surface area (Å²) in [5.74, 6) is 0. The van der Waals surface area contributed by atoms with Gasteiger partial charge in [0.05, 0.1) is 16.1 Å². The molecular weight excluding hydrogens is 240 g/mol. The molecule has 0 amide bonds. The summed E-state index contributed by atoms with van der Waals surface area (Å²) in [7, 11) is 0. The summed E-state index contributed by atoms with van der Waals surface area (Å²) >= 11 is 1.82. The van der Waals surface area contributed by atoms with Gasteiger partial charge in [0.2, 0.25) is 0 Å². The molecule has 96 valence electrons. The van der Waals surface area contributed by atoms with E-state index in [2.05, 4.69) is 58.2 Å². The topological polar surface area (TPSA) is 17.8 Å². The number of hydrogen-bond acceptors (Lipinski definition) is 2. The van der Waals surface area contributed by atoms with Crippen LogP contribution in [0.25, 0.3) is 5.69 Å². The van der Waals surface area contributed by atoms with Crippen molar-refractivity contribution in [2.24, 2.45) is 0 Å². The first-order valence-corrected chi connectivity index (χ1v) is 7.35. The standard InChI is InChI=1S/C15H20N2S/c1-11-8-12(2)10-13(9-11)17-7-6-14(16-17)15(3,4)18-5/h6-10H,1-5H3. The molecule has 1 aromatic heterocycles. The molecule has 0 saturated heterocycles. The maximum Gasteiger partial charge on any atom is 0.0783 e. The van der Waals surface area contributed by atoms with E-state index in [0.717, 1.165) is 11.4 Å². The highest BCUT2D eigenvalue weighted by molar-refractivity contribution is 7.99. The average Bonchev–Trinajstić information content (AvgIpc) is 2.77. The SMILES string of the molecule is CSC(C)(C)c1ccn(-c2cc(C)cc(C)c2)n1. The van der Waals surface area contributed by atoms with Gasteiger partial charge < -0.3 is 0 Å². The van der Waals surface area contributed by atoms with Crippen LogP contribution in [-0.2, 0) is 4.75 Å². The van der Waals surface area contributed by atoms with Gasteiger partial charge in [-0.05, 0) is 63.3 Å². The second-order valence-corrected chi connectivity index (χ2v) is 6.63. The fourth-order valence-electron chi connectivity index (χ4n) is 1.98. The third-order valence-corrected chi connectivity index (χ3v) is 4.42. The van der Waals surface area contributed by atoms with Crippen molar-refractivity contribution in [1.29, 1.82) is 0 Å². The number of rotatable bonds is 3. The third-order valence-electron chi connectivity index (χ3n) is 3.19. The Morgan fingerprint density at radius 1 is 1.11 bits per heavy atom. The first-order chi connectivity index (χ1) is 8.42. The maximum absolute atomic E-state index is 4.70. The Labute approximate surface area is 113 Å². The lowest BCUT2D eigenvalue weighted by Gasteiger charge is -2.18. The van der Waals surface area contributed by atoms with Crippen LogP contribution in [0.4, 0.5) is 0 Å². The summed E-state index contributed by atoms with van der Waals surface area (Å²) in [5, 5.41) is 4.70. The molecule has 1 aromatic carbocycles. The Kier molecular flexibility index (Phi) is 3.53. The van der Waals surface area contributed by atoms with E-state index >= 15 is 0 Å². The second kappa shape index (κ2) is 4.81. The smallest absolute Gasteiger partial charge is 0.0783 e. The molecule has 0 saturated carbocycles. The predicted octanol–water partition coefficient (Wildman–Crippen LogP) is 4.09. The molecule has 0 aliphatic heterocycles. The lowest BCUT2D eigenvalue weighted by atomic mass is 10.1. The molecule has 18 heavy (non-hydrogen) atoms. The molecule has 0 aliphatic carbocycles. The number of hydrogen-bond donors (Lipinski definition) is 0. The summed E-state index contributed by atoms with van der Waals surface area (Å²) in [6.45, 7) is 8.64. The van der Waals surface area contributed by atoms with E-state index in [1.54, 1.807) is 0 Å². The predicted molar refractivity (Wildman–Crippen MR) is 79.6 cm³/mol. The van der Waals surface area contributed by atoms with Crippen molar-refractivity contribution in [3.63, 3.8) is 0 Å². The second-order valence-electron chi connectivity index (χ2n) is 5.21. The van der Waals surface area contributed by atoms with Gasteiger partial charge in [-0.3, -0.25) is 0 Å². The molecule has 0 atom stereocenters. The van der Waals surface area contributed by atoms with Crippen molar-refractivity contribution in [3.05, 3.63) is 47.3 Å². The zero-order chi connectivity index (χ0) is 13.3. The number of benzene rings is 1. The lowest BCUT2D eigenvalue weighted by Crippen LogP contribution is -2.12. The van der Waals surface area contributed by atoms with Gasteiger partial charge in [0.15, 0.2) is 0 Å². The number of aromatic nitrogens is 2. The molecule has 0 unspecified atom stereocenters. The summed E-state index contributed by atoms with van der Waals surface area (Å²) in [6.07, 6.45) is 4.16. The fourth-order valence-corrected chi connectivity index (χ4v) is 2.29. The normalized spacial score (nSPS) is 11.8. The highest BCUT2D eigenvalue weighted by atomic mass is 32.2. The van der Waals surface area contributed by atoms with E-state index in [1.165, 1.54) is 11.1 Å². The van der Waals surface area contributed by atoms with Crippen LogP contribution in [0.2, 0.25) is 0 Å². The molecule has 0 spiro atoms. The number of nitrogens with zero attached hydrogens (tertiary/aromatic N) is 2. The van der Waals surface area contributed by atoms with Gasteiger partial charge in [-0.1, -0.05) is 6.07 Å². The Bertz CT molecular complexity index is 535. The van der Waals surface area contributed by atoms with Crippen LogP contribution < -0.4 is 0 Å². The summed E-state index contributed by atoms with van der Waals surface area (Å²) in [4.78, 5) is 0. The Morgan fingerprint density at radius 2 is 1.72 bits per heavy atom. The van der Waals surface area contributed by atoms with Crippen LogP contribution in [0.3, 0.4) is 0 Å². The molecule has 1 heterocycles. The monoisotopic (exact) mass is 260 g/mol. The molecule has 2 nitrogen and oxygen atoms in total. The number of aryl methyl sites for hydroxylation is 2. The molecule has 0 bridgehead atoms. The van der Waals surface area contributed by atoms with Crippen molar-refractivity contribution < 1.29 is 0 Å². The molecule has 0 aliphatic rings. The Morgan fingerprint density at radius 3 is 2.28 bits per heavy atom. The minimum atomic E-state index is 0.0596. The van der Waals surface area contributed by atoms with Gasteiger partial charge >= 0.3 is 0 Å². The zero-order valence-corrected chi connectivity index (χ0v) is 12.5. The van der Waals surface area contributed by atoms with Gasteiger partial charge in [-0.25, -0.2) is 4.68 Å². The van der Waals surface area contributed by atoms with Crippen LogP contribution in [0, 0.1) is 13.8 Å². The quantitative estimate of drug-likeness (QED) is 0.827. The van der Waals surface area contributed by atoms with Gasteiger partial charge in [0.25, 0.3) is 0 Å². The van der Waals surface area contributed by atoms with Gasteiger partial charge in [0.1, 0.15) is 0 Å². The van der Waals surface area contributed by atoms with E-state index in [1.807, 2.05) is 22.6 Å². The first kappa shape index (κ1) is 13.2. The highest BCUT2D eigenvalue weighted by Gasteiger charge is 2.21. The average molecular weight is 260 g/mol. The van der Waals surface area contributed by atoms with Crippen LogP contribution in [0.15, 0.2) is 30.5 Å². The van der Waals surface area contributed by atoms with Gasteiger partial charge in [-0.2, -0.15) is 16.9 Å². The van der Waals surface area contributed by atoms with Crippen molar-refractivity contribution in [2.75, 3.05) is 6.26 Å². The zero-order valence-electron chi connectivity index (χ0n) is 11.7. The fraction of sp³-hybridized carbons (Fsp3) is 0.400. The molecule has 3 heteroatoms. The van der Waals surface area contributed by atoms with E-state index in [9.17, 15) is 0 Å². The number of thioether (sulfide) groups is 1. The van der Waals surface area contributed by atoms with Crippen LogP contribution in [0.5, 0.6) is 0 Å².